The summed E-state index contributed by atoms with van der Waals surface area (Å²) in [7, 11) is 4.26. The fourth-order valence-corrected chi connectivity index (χ4v) is 2.07. The predicted octanol–water partition coefficient (Wildman–Crippen LogP) is 0.526. The number of nitrogens with one attached hydrogen (secondary N) is 2. The molecule has 0 aromatic carbocycles. The van der Waals surface area contributed by atoms with Gasteiger partial charge in [0.15, 0.2) is 0 Å². The van der Waals surface area contributed by atoms with Crippen molar-refractivity contribution < 1.29 is 0 Å². The van der Waals surface area contributed by atoms with Crippen molar-refractivity contribution in [3.05, 3.63) is 0 Å². The van der Waals surface area contributed by atoms with E-state index in [0.717, 1.165) is 12.5 Å². The molecule has 0 spiro atoms. The Morgan fingerprint density at radius 2 is 2.00 bits per heavy atom. The van der Waals surface area contributed by atoms with Gasteiger partial charge in [0.25, 0.3) is 0 Å². The van der Waals surface area contributed by atoms with Crippen molar-refractivity contribution in [2.24, 2.45) is 5.92 Å². The highest BCUT2D eigenvalue weighted by atomic mass is 15.1. The minimum atomic E-state index is 0.611. The third kappa shape index (κ3) is 4.94. The number of rotatable bonds is 5. The van der Waals surface area contributed by atoms with Crippen molar-refractivity contribution in [3.63, 3.8) is 0 Å². The molecule has 2 N–H and O–H groups in total. The van der Waals surface area contributed by atoms with Crippen LogP contribution in [-0.4, -0.2) is 51.2 Å². The zero-order chi connectivity index (χ0) is 10.4. The van der Waals surface area contributed by atoms with Crippen LogP contribution < -0.4 is 10.6 Å². The minimum Gasteiger partial charge on any atom is -0.317 e. The van der Waals surface area contributed by atoms with Gasteiger partial charge in [0.2, 0.25) is 0 Å². The van der Waals surface area contributed by atoms with Crippen LogP contribution in [0.4, 0.5) is 0 Å². The van der Waals surface area contributed by atoms with E-state index in [0.29, 0.717) is 6.04 Å². The van der Waals surface area contributed by atoms with Crippen LogP contribution in [-0.2, 0) is 0 Å². The van der Waals surface area contributed by atoms with Crippen LogP contribution in [0.1, 0.15) is 19.8 Å². The Hall–Kier alpha value is -0.120. The molecule has 1 fully saturated rings. The molecule has 1 saturated heterocycles. The smallest absolute Gasteiger partial charge is 0.0166 e. The van der Waals surface area contributed by atoms with Crippen LogP contribution in [0.25, 0.3) is 0 Å². The molecule has 0 saturated carbocycles. The van der Waals surface area contributed by atoms with Crippen molar-refractivity contribution in [2.75, 3.05) is 40.3 Å². The van der Waals surface area contributed by atoms with E-state index in [2.05, 4.69) is 36.6 Å². The highest BCUT2D eigenvalue weighted by molar-refractivity contribution is 4.73. The Labute approximate surface area is 88.2 Å². The Kier molecular flexibility index (Phi) is 5.45. The number of hydrogen-bond donors (Lipinski definition) is 2. The molecule has 0 aromatic rings. The largest absolute Gasteiger partial charge is 0.317 e. The SMILES string of the molecule is CC(CN(C)C)NCC1CCNCC1. The van der Waals surface area contributed by atoms with Crippen molar-refractivity contribution in [1.82, 2.24) is 15.5 Å². The Bertz CT molecular complexity index is 141. The van der Waals surface area contributed by atoms with Gasteiger partial charge < -0.3 is 15.5 Å². The maximum absolute atomic E-state index is 3.61. The summed E-state index contributed by atoms with van der Waals surface area (Å²) in [5, 5.41) is 7.01. The quantitative estimate of drug-likeness (QED) is 0.676. The van der Waals surface area contributed by atoms with Crippen molar-refractivity contribution in [1.29, 1.82) is 0 Å². The van der Waals surface area contributed by atoms with E-state index in [1.54, 1.807) is 0 Å². The van der Waals surface area contributed by atoms with Gasteiger partial charge in [-0.25, -0.2) is 0 Å². The van der Waals surface area contributed by atoms with Crippen molar-refractivity contribution in [2.45, 2.75) is 25.8 Å². The summed E-state index contributed by atoms with van der Waals surface area (Å²) in [6.07, 6.45) is 2.67. The molecule has 1 aliphatic rings. The van der Waals surface area contributed by atoms with E-state index in [4.69, 9.17) is 0 Å². The lowest BCUT2D eigenvalue weighted by molar-refractivity contribution is 0.308. The first-order chi connectivity index (χ1) is 6.68. The van der Waals surface area contributed by atoms with E-state index in [1.807, 2.05) is 0 Å². The van der Waals surface area contributed by atoms with Crippen LogP contribution in [0, 0.1) is 5.92 Å². The normalized spacial score (nSPS) is 21.4. The zero-order valence-electron chi connectivity index (χ0n) is 9.84. The zero-order valence-corrected chi connectivity index (χ0v) is 9.84. The van der Waals surface area contributed by atoms with Gasteiger partial charge in [-0.1, -0.05) is 0 Å². The lowest BCUT2D eigenvalue weighted by Gasteiger charge is -2.25. The lowest BCUT2D eigenvalue weighted by Crippen LogP contribution is -2.40. The first-order valence-electron chi connectivity index (χ1n) is 5.77. The molecule has 1 heterocycles. The summed E-state index contributed by atoms with van der Waals surface area (Å²) >= 11 is 0. The summed E-state index contributed by atoms with van der Waals surface area (Å²) in [5.41, 5.74) is 0. The van der Waals surface area contributed by atoms with E-state index < -0.39 is 0 Å². The molecule has 0 amide bonds. The Morgan fingerprint density at radius 3 is 2.57 bits per heavy atom. The molecule has 0 aromatic heterocycles. The minimum absolute atomic E-state index is 0.611. The topological polar surface area (TPSA) is 27.3 Å². The summed E-state index contributed by atoms with van der Waals surface area (Å²) in [6, 6.07) is 0.611. The highest BCUT2D eigenvalue weighted by Gasteiger charge is 2.13. The van der Waals surface area contributed by atoms with Gasteiger partial charge in [-0.15, -0.1) is 0 Å². The molecule has 1 rings (SSSR count). The molecule has 0 radical (unpaired) electrons. The monoisotopic (exact) mass is 199 g/mol. The average Bonchev–Trinajstić information content (AvgIpc) is 2.15. The molecule has 1 unspecified atom stereocenters. The molecule has 3 heteroatoms. The molecule has 84 valence electrons. The number of hydrogen-bond acceptors (Lipinski definition) is 3. The van der Waals surface area contributed by atoms with Gasteiger partial charge in [-0.2, -0.15) is 0 Å². The second-order valence-corrected chi connectivity index (χ2v) is 4.76. The van der Waals surface area contributed by atoms with E-state index in [-0.39, 0.29) is 0 Å². The molecular weight excluding hydrogens is 174 g/mol. The van der Waals surface area contributed by atoms with Crippen molar-refractivity contribution >= 4 is 0 Å². The average molecular weight is 199 g/mol. The van der Waals surface area contributed by atoms with Crippen LogP contribution in [0.5, 0.6) is 0 Å². The molecular formula is C11H25N3. The number of nitrogens with zero attached hydrogens (tertiary/aromatic N) is 1. The first-order valence-corrected chi connectivity index (χ1v) is 5.77. The maximum atomic E-state index is 3.61. The van der Waals surface area contributed by atoms with Gasteiger partial charge in [0, 0.05) is 12.6 Å². The highest BCUT2D eigenvalue weighted by Crippen LogP contribution is 2.09. The lowest BCUT2D eigenvalue weighted by atomic mass is 9.98. The summed E-state index contributed by atoms with van der Waals surface area (Å²) < 4.78 is 0. The van der Waals surface area contributed by atoms with E-state index in [1.165, 1.54) is 32.5 Å². The second-order valence-electron chi connectivity index (χ2n) is 4.76. The summed E-state index contributed by atoms with van der Waals surface area (Å²) in [4.78, 5) is 2.24. The first kappa shape index (κ1) is 12.0. The van der Waals surface area contributed by atoms with E-state index in [9.17, 15) is 0 Å². The summed E-state index contributed by atoms with van der Waals surface area (Å²) in [6.45, 7) is 6.99. The van der Waals surface area contributed by atoms with E-state index >= 15 is 0 Å². The van der Waals surface area contributed by atoms with Gasteiger partial charge in [-0.3, -0.25) is 0 Å². The molecule has 14 heavy (non-hydrogen) atoms. The van der Waals surface area contributed by atoms with Crippen LogP contribution in [0.15, 0.2) is 0 Å². The third-order valence-electron chi connectivity index (χ3n) is 2.85. The van der Waals surface area contributed by atoms with Gasteiger partial charge in [-0.05, 0) is 59.4 Å². The van der Waals surface area contributed by atoms with Gasteiger partial charge in [0.1, 0.15) is 0 Å². The van der Waals surface area contributed by atoms with Crippen LogP contribution in [0.2, 0.25) is 0 Å². The van der Waals surface area contributed by atoms with Crippen LogP contribution >= 0.6 is 0 Å². The van der Waals surface area contributed by atoms with Gasteiger partial charge >= 0.3 is 0 Å². The maximum Gasteiger partial charge on any atom is 0.0166 e. The fourth-order valence-electron chi connectivity index (χ4n) is 2.07. The third-order valence-corrected chi connectivity index (χ3v) is 2.85. The Morgan fingerprint density at radius 1 is 1.36 bits per heavy atom. The molecule has 3 nitrogen and oxygen atoms in total. The molecule has 0 aliphatic carbocycles. The molecule has 1 aliphatic heterocycles. The fraction of sp³-hybridized carbons (Fsp3) is 1.00. The molecule has 0 bridgehead atoms. The van der Waals surface area contributed by atoms with Crippen molar-refractivity contribution in [3.8, 4) is 0 Å². The van der Waals surface area contributed by atoms with Gasteiger partial charge in [0.05, 0.1) is 0 Å². The second kappa shape index (κ2) is 6.38. The summed E-state index contributed by atoms with van der Waals surface area (Å²) in [5.74, 6) is 0.890. The number of piperidine rings is 1. The number of likely N-dealkylation sites (N-methyl/N-ethyl adjacent to an activating group) is 1. The Balaban J connectivity index is 2.06. The molecule has 1 atom stereocenters. The predicted molar refractivity (Wildman–Crippen MR) is 61.6 cm³/mol. The van der Waals surface area contributed by atoms with Crippen LogP contribution in [0.3, 0.4) is 0 Å². The standard InChI is InChI=1S/C11H25N3/c1-10(9-14(2)3)13-8-11-4-6-12-7-5-11/h10-13H,4-9H2,1-3H3.